The molecule has 2 aromatic rings. The van der Waals surface area contributed by atoms with Crippen LogP contribution in [0.15, 0.2) is 30.6 Å². The SMILES string of the molecule is CS(=O)(=O)CCCC(N)c1ccc2nccnc2c1. The van der Waals surface area contributed by atoms with Gasteiger partial charge in [-0.2, -0.15) is 0 Å². The quantitative estimate of drug-likeness (QED) is 0.895. The van der Waals surface area contributed by atoms with E-state index in [1.54, 1.807) is 12.4 Å². The second-order valence-corrected chi connectivity index (χ2v) is 6.94. The molecular formula is C13H17N3O2S. The summed E-state index contributed by atoms with van der Waals surface area (Å²) in [5.41, 5.74) is 8.66. The van der Waals surface area contributed by atoms with E-state index in [-0.39, 0.29) is 11.8 Å². The van der Waals surface area contributed by atoms with Crippen LogP contribution < -0.4 is 5.73 Å². The van der Waals surface area contributed by atoms with Crippen molar-refractivity contribution in [3.8, 4) is 0 Å². The number of fused-ring (bicyclic) bond motifs is 1. The molecule has 0 aliphatic heterocycles. The van der Waals surface area contributed by atoms with E-state index in [1.807, 2.05) is 18.2 Å². The van der Waals surface area contributed by atoms with Crippen molar-refractivity contribution in [2.75, 3.05) is 12.0 Å². The lowest BCUT2D eigenvalue weighted by atomic mass is 10.0. The Morgan fingerprint density at radius 2 is 1.89 bits per heavy atom. The third-order valence-electron chi connectivity index (χ3n) is 2.95. The van der Waals surface area contributed by atoms with Gasteiger partial charge in [0.15, 0.2) is 0 Å². The number of hydrogen-bond donors (Lipinski definition) is 1. The van der Waals surface area contributed by atoms with E-state index in [9.17, 15) is 8.42 Å². The molecule has 0 radical (unpaired) electrons. The highest BCUT2D eigenvalue weighted by atomic mass is 32.2. The second-order valence-electron chi connectivity index (χ2n) is 4.68. The lowest BCUT2D eigenvalue weighted by Gasteiger charge is -2.12. The Hall–Kier alpha value is -1.53. The zero-order valence-corrected chi connectivity index (χ0v) is 11.6. The smallest absolute Gasteiger partial charge is 0.147 e. The monoisotopic (exact) mass is 279 g/mol. The minimum atomic E-state index is -2.91. The highest BCUT2D eigenvalue weighted by Gasteiger charge is 2.09. The summed E-state index contributed by atoms with van der Waals surface area (Å²) in [5.74, 6) is 0.175. The van der Waals surface area contributed by atoms with Crippen molar-refractivity contribution in [3.63, 3.8) is 0 Å². The van der Waals surface area contributed by atoms with E-state index >= 15 is 0 Å². The van der Waals surface area contributed by atoms with Crippen molar-refractivity contribution in [3.05, 3.63) is 36.2 Å². The number of aromatic nitrogens is 2. The summed E-state index contributed by atoms with van der Waals surface area (Å²) in [6, 6.07) is 5.54. The molecule has 2 N–H and O–H groups in total. The fraction of sp³-hybridized carbons (Fsp3) is 0.385. The van der Waals surface area contributed by atoms with Gasteiger partial charge in [0.25, 0.3) is 0 Å². The second kappa shape index (κ2) is 5.63. The molecule has 0 saturated heterocycles. The Labute approximate surface area is 112 Å². The van der Waals surface area contributed by atoms with E-state index in [0.29, 0.717) is 12.8 Å². The molecule has 0 saturated carbocycles. The van der Waals surface area contributed by atoms with E-state index in [1.165, 1.54) is 6.26 Å². The van der Waals surface area contributed by atoms with Gasteiger partial charge in [-0.25, -0.2) is 8.42 Å². The van der Waals surface area contributed by atoms with Crippen LogP contribution in [0.5, 0.6) is 0 Å². The molecule has 5 nitrogen and oxygen atoms in total. The molecule has 0 spiro atoms. The largest absolute Gasteiger partial charge is 0.324 e. The predicted molar refractivity (Wildman–Crippen MR) is 75.4 cm³/mol. The van der Waals surface area contributed by atoms with Crippen LogP contribution in [-0.4, -0.2) is 30.4 Å². The first-order valence-corrected chi connectivity index (χ1v) is 8.16. The Morgan fingerprint density at radius 1 is 1.21 bits per heavy atom. The Bertz CT molecular complexity index is 670. The van der Waals surface area contributed by atoms with E-state index in [4.69, 9.17) is 5.73 Å². The molecule has 1 atom stereocenters. The molecule has 1 unspecified atom stereocenters. The summed E-state index contributed by atoms with van der Waals surface area (Å²) in [7, 11) is -2.91. The number of nitrogens with two attached hydrogens (primary N) is 1. The topological polar surface area (TPSA) is 85.9 Å². The zero-order chi connectivity index (χ0) is 13.9. The number of sulfone groups is 1. The van der Waals surface area contributed by atoms with Gasteiger partial charge in [0, 0.05) is 30.4 Å². The Balaban J connectivity index is 2.06. The van der Waals surface area contributed by atoms with Gasteiger partial charge in [0.2, 0.25) is 0 Å². The summed E-state index contributed by atoms with van der Waals surface area (Å²) < 4.78 is 22.1. The minimum absolute atomic E-state index is 0.173. The maximum Gasteiger partial charge on any atom is 0.147 e. The first-order chi connectivity index (χ1) is 8.96. The molecule has 102 valence electrons. The summed E-state index contributed by atoms with van der Waals surface area (Å²) in [6.07, 6.45) is 5.73. The van der Waals surface area contributed by atoms with Gasteiger partial charge in [-0.05, 0) is 30.5 Å². The maximum absolute atomic E-state index is 11.1. The first kappa shape index (κ1) is 13.9. The van der Waals surface area contributed by atoms with Crippen LogP contribution in [0.2, 0.25) is 0 Å². The number of nitrogens with zero attached hydrogens (tertiary/aromatic N) is 2. The lowest BCUT2D eigenvalue weighted by Crippen LogP contribution is -2.12. The van der Waals surface area contributed by atoms with Crippen LogP contribution >= 0.6 is 0 Å². The van der Waals surface area contributed by atoms with Crippen LogP contribution in [0.3, 0.4) is 0 Å². The van der Waals surface area contributed by atoms with Crippen LogP contribution in [0.1, 0.15) is 24.4 Å². The molecular weight excluding hydrogens is 262 g/mol. The zero-order valence-electron chi connectivity index (χ0n) is 10.8. The maximum atomic E-state index is 11.1. The van der Waals surface area contributed by atoms with Gasteiger partial charge in [0.05, 0.1) is 11.0 Å². The van der Waals surface area contributed by atoms with E-state index < -0.39 is 9.84 Å². The van der Waals surface area contributed by atoms with Gasteiger partial charge in [0.1, 0.15) is 9.84 Å². The fourth-order valence-corrected chi connectivity index (χ4v) is 2.63. The summed E-state index contributed by atoms with van der Waals surface area (Å²) in [6.45, 7) is 0. The lowest BCUT2D eigenvalue weighted by molar-refractivity contribution is 0.588. The molecule has 0 fully saturated rings. The van der Waals surface area contributed by atoms with Crippen LogP contribution in [0.4, 0.5) is 0 Å². The van der Waals surface area contributed by atoms with Gasteiger partial charge >= 0.3 is 0 Å². The molecule has 1 aromatic carbocycles. The normalized spacial score (nSPS) is 13.6. The third-order valence-corrected chi connectivity index (χ3v) is 3.98. The van der Waals surface area contributed by atoms with Gasteiger partial charge in [-0.15, -0.1) is 0 Å². The molecule has 0 aliphatic carbocycles. The van der Waals surface area contributed by atoms with E-state index in [0.717, 1.165) is 16.6 Å². The van der Waals surface area contributed by atoms with Crippen molar-refractivity contribution in [1.29, 1.82) is 0 Å². The highest BCUT2D eigenvalue weighted by molar-refractivity contribution is 7.90. The Morgan fingerprint density at radius 3 is 2.58 bits per heavy atom. The van der Waals surface area contributed by atoms with E-state index in [2.05, 4.69) is 9.97 Å². The molecule has 0 bridgehead atoms. The molecule has 1 aromatic heterocycles. The average molecular weight is 279 g/mol. The standard InChI is InChI=1S/C13H17N3O2S/c1-19(17,18)8-2-3-11(14)10-4-5-12-13(9-10)16-7-6-15-12/h4-7,9,11H,2-3,8,14H2,1H3. The van der Waals surface area contributed by atoms with Crippen molar-refractivity contribution < 1.29 is 8.42 Å². The summed E-state index contributed by atoms with van der Waals surface area (Å²) in [4.78, 5) is 8.42. The van der Waals surface area contributed by atoms with Crippen molar-refractivity contribution in [2.45, 2.75) is 18.9 Å². The molecule has 19 heavy (non-hydrogen) atoms. The van der Waals surface area contributed by atoms with Crippen molar-refractivity contribution in [1.82, 2.24) is 9.97 Å². The number of benzene rings is 1. The van der Waals surface area contributed by atoms with Gasteiger partial charge < -0.3 is 5.73 Å². The van der Waals surface area contributed by atoms with Crippen molar-refractivity contribution in [2.24, 2.45) is 5.73 Å². The van der Waals surface area contributed by atoms with Gasteiger partial charge in [-0.1, -0.05) is 6.07 Å². The molecule has 0 aliphatic rings. The Kier molecular flexibility index (Phi) is 4.11. The first-order valence-electron chi connectivity index (χ1n) is 6.10. The van der Waals surface area contributed by atoms with Crippen molar-refractivity contribution >= 4 is 20.9 Å². The highest BCUT2D eigenvalue weighted by Crippen LogP contribution is 2.19. The minimum Gasteiger partial charge on any atom is -0.324 e. The summed E-state index contributed by atoms with van der Waals surface area (Å²) >= 11 is 0. The summed E-state index contributed by atoms with van der Waals surface area (Å²) in [5, 5.41) is 0. The molecule has 6 heteroatoms. The van der Waals surface area contributed by atoms with Crippen LogP contribution in [-0.2, 0) is 9.84 Å². The molecule has 2 rings (SSSR count). The fourth-order valence-electron chi connectivity index (χ4n) is 1.94. The number of hydrogen-bond acceptors (Lipinski definition) is 5. The third kappa shape index (κ3) is 3.97. The molecule has 0 amide bonds. The van der Waals surface area contributed by atoms with Crippen LogP contribution in [0.25, 0.3) is 11.0 Å². The van der Waals surface area contributed by atoms with Crippen LogP contribution in [0, 0.1) is 0 Å². The number of rotatable bonds is 5. The predicted octanol–water partition coefficient (Wildman–Crippen LogP) is 1.45. The van der Waals surface area contributed by atoms with Gasteiger partial charge in [-0.3, -0.25) is 9.97 Å². The molecule has 1 heterocycles. The average Bonchev–Trinajstić information content (AvgIpc) is 2.36.